The molecule has 2 aromatic carbocycles. The molecule has 0 amide bonds. The standard InChI is InChI=1S/C15H11NO6/c1-2-20-15(17)9-7-10(16(18)19)14-13(8-9)21-11-5-3-4-6-12(11)22-14/h3-8H,2H2,1H3. The first-order chi connectivity index (χ1) is 10.6. The number of hydrogen-bond acceptors (Lipinski definition) is 6. The third kappa shape index (κ3) is 2.32. The average molecular weight is 301 g/mol. The van der Waals surface area contributed by atoms with Crippen molar-refractivity contribution in [2.75, 3.05) is 6.61 Å². The molecular weight excluding hydrogens is 290 g/mol. The molecule has 1 aliphatic rings. The molecule has 22 heavy (non-hydrogen) atoms. The number of esters is 1. The molecule has 0 spiro atoms. The summed E-state index contributed by atoms with van der Waals surface area (Å²) in [5.74, 6) is 0.218. The van der Waals surface area contributed by atoms with E-state index in [9.17, 15) is 14.9 Å². The molecule has 0 fully saturated rings. The Bertz CT molecular complexity index is 771. The summed E-state index contributed by atoms with van der Waals surface area (Å²) in [6.07, 6.45) is 0. The Morgan fingerprint density at radius 2 is 1.86 bits per heavy atom. The lowest BCUT2D eigenvalue weighted by atomic mass is 10.1. The van der Waals surface area contributed by atoms with Crippen LogP contribution in [0, 0.1) is 10.1 Å². The molecule has 0 saturated heterocycles. The predicted octanol–water partition coefficient (Wildman–Crippen LogP) is 3.67. The van der Waals surface area contributed by atoms with E-state index in [4.69, 9.17) is 14.2 Å². The monoisotopic (exact) mass is 301 g/mol. The number of fused-ring (bicyclic) bond motifs is 2. The molecule has 1 heterocycles. The highest BCUT2D eigenvalue weighted by molar-refractivity contribution is 5.92. The third-order valence-corrected chi connectivity index (χ3v) is 3.02. The fourth-order valence-corrected chi connectivity index (χ4v) is 2.08. The second kappa shape index (κ2) is 5.36. The maximum Gasteiger partial charge on any atom is 0.338 e. The zero-order valence-corrected chi connectivity index (χ0v) is 11.6. The van der Waals surface area contributed by atoms with E-state index in [2.05, 4.69) is 0 Å². The molecule has 1 aliphatic heterocycles. The Balaban J connectivity index is 2.11. The molecule has 0 atom stereocenters. The normalized spacial score (nSPS) is 11.5. The van der Waals surface area contributed by atoms with Gasteiger partial charge in [0.15, 0.2) is 17.2 Å². The van der Waals surface area contributed by atoms with E-state index in [1.165, 1.54) is 6.07 Å². The van der Waals surface area contributed by atoms with Crippen molar-refractivity contribution in [1.82, 2.24) is 0 Å². The van der Waals surface area contributed by atoms with E-state index < -0.39 is 10.9 Å². The van der Waals surface area contributed by atoms with Crippen LogP contribution in [-0.4, -0.2) is 17.5 Å². The van der Waals surface area contributed by atoms with E-state index >= 15 is 0 Å². The fourth-order valence-electron chi connectivity index (χ4n) is 2.08. The zero-order valence-electron chi connectivity index (χ0n) is 11.6. The molecular formula is C15H11NO6. The second-order valence-electron chi connectivity index (χ2n) is 4.45. The highest BCUT2D eigenvalue weighted by atomic mass is 16.6. The number of rotatable bonds is 3. The number of nitro benzene ring substituents is 1. The van der Waals surface area contributed by atoms with Gasteiger partial charge in [-0.15, -0.1) is 0 Å². The number of carbonyl (C=O) groups excluding carboxylic acids is 1. The van der Waals surface area contributed by atoms with Crippen LogP contribution in [0.25, 0.3) is 0 Å². The minimum Gasteiger partial charge on any atom is -0.462 e. The van der Waals surface area contributed by atoms with Gasteiger partial charge >= 0.3 is 11.7 Å². The second-order valence-corrected chi connectivity index (χ2v) is 4.45. The summed E-state index contributed by atoms with van der Waals surface area (Å²) in [5.41, 5.74) is -0.315. The van der Waals surface area contributed by atoms with Gasteiger partial charge in [-0.2, -0.15) is 0 Å². The molecule has 0 bridgehead atoms. The summed E-state index contributed by atoms with van der Waals surface area (Å²) in [4.78, 5) is 22.4. The number of benzene rings is 2. The lowest BCUT2D eigenvalue weighted by molar-refractivity contribution is -0.385. The van der Waals surface area contributed by atoms with Crippen LogP contribution < -0.4 is 9.47 Å². The van der Waals surface area contributed by atoms with Gasteiger partial charge in [0.05, 0.1) is 17.1 Å². The smallest absolute Gasteiger partial charge is 0.338 e. The first kappa shape index (κ1) is 13.9. The summed E-state index contributed by atoms with van der Waals surface area (Å²) in [6, 6.07) is 9.27. The van der Waals surface area contributed by atoms with Crippen molar-refractivity contribution >= 4 is 11.7 Å². The molecule has 0 saturated carbocycles. The molecule has 7 nitrogen and oxygen atoms in total. The van der Waals surface area contributed by atoms with Crippen LogP contribution in [0.15, 0.2) is 36.4 Å². The Hall–Kier alpha value is -3.09. The van der Waals surface area contributed by atoms with Crippen molar-refractivity contribution in [2.24, 2.45) is 0 Å². The molecule has 3 rings (SSSR count). The minimum atomic E-state index is -0.657. The highest BCUT2D eigenvalue weighted by Crippen LogP contribution is 2.49. The van der Waals surface area contributed by atoms with Crippen LogP contribution in [0.5, 0.6) is 23.0 Å². The molecule has 0 unspecified atom stereocenters. The van der Waals surface area contributed by atoms with Gasteiger partial charge in [-0.1, -0.05) is 12.1 Å². The van der Waals surface area contributed by atoms with Gasteiger partial charge < -0.3 is 14.2 Å². The number of nitrogens with zero attached hydrogens (tertiary/aromatic N) is 1. The van der Waals surface area contributed by atoms with E-state index in [-0.39, 0.29) is 29.4 Å². The van der Waals surface area contributed by atoms with Gasteiger partial charge in [-0.25, -0.2) is 4.79 Å². The zero-order chi connectivity index (χ0) is 15.7. The number of hydrogen-bond donors (Lipinski definition) is 0. The predicted molar refractivity (Wildman–Crippen MR) is 75.6 cm³/mol. The van der Waals surface area contributed by atoms with Gasteiger partial charge in [-0.05, 0) is 25.1 Å². The van der Waals surface area contributed by atoms with Crippen molar-refractivity contribution in [3.63, 3.8) is 0 Å². The van der Waals surface area contributed by atoms with Gasteiger partial charge in [0, 0.05) is 6.07 Å². The number of ether oxygens (including phenoxy) is 3. The largest absolute Gasteiger partial charge is 0.462 e. The van der Waals surface area contributed by atoms with Crippen molar-refractivity contribution in [2.45, 2.75) is 6.92 Å². The molecule has 0 aromatic heterocycles. The number of para-hydroxylation sites is 2. The van der Waals surface area contributed by atoms with Gasteiger partial charge in [0.2, 0.25) is 5.75 Å². The summed E-state index contributed by atoms with van der Waals surface area (Å²) in [6.45, 7) is 1.82. The Morgan fingerprint density at radius 3 is 2.50 bits per heavy atom. The van der Waals surface area contributed by atoms with Crippen LogP contribution in [0.2, 0.25) is 0 Å². The van der Waals surface area contributed by atoms with Crippen molar-refractivity contribution in [3.05, 3.63) is 52.1 Å². The minimum absolute atomic E-state index is 0.0308. The average Bonchev–Trinajstić information content (AvgIpc) is 2.51. The van der Waals surface area contributed by atoms with Crippen molar-refractivity contribution in [1.29, 1.82) is 0 Å². The van der Waals surface area contributed by atoms with Crippen molar-refractivity contribution in [3.8, 4) is 23.0 Å². The van der Waals surface area contributed by atoms with E-state index in [0.29, 0.717) is 11.5 Å². The lowest BCUT2D eigenvalue weighted by Crippen LogP contribution is -2.08. The highest BCUT2D eigenvalue weighted by Gasteiger charge is 2.30. The summed E-state index contributed by atoms with van der Waals surface area (Å²) < 4.78 is 16.0. The molecule has 0 radical (unpaired) electrons. The molecule has 2 aromatic rings. The molecule has 7 heteroatoms. The SMILES string of the molecule is CCOC(=O)c1cc2c(c([N+](=O)[O-])c1)Oc1ccccc1O2. The quantitative estimate of drug-likeness (QED) is 0.416. The first-order valence-corrected chi connectivity index (χ1v) is 6.54. The van der Waals surface area contributed by atoms with Crippen LogP contribution in [0.1, 0.15) is 17.3 Å². The van der Waals surface area contributed by atoms with Gasteiger partial charge in [0.25, 0.3) is 0 Å². The Morgan fingerprint density at radius 1 is 1.18 bits per heavy atom. The van der Waals surface area contributed by atoms with Gasteiger partial charge in [0.1, 0.15) is 0 Å². The fraction of sp³-hybridized carbons (Fsp3) is 0.133. The molecule has 112 valence electrons. The summed E-state index contributed by atoms with van der Waals surface area (Å²) >= 11 is 0. The van der Waals surface area contributed by atoms with Gasteiger partial charge in [-0.3, -0.25) is 10.1 Å². The summed E-state index contributed by atoms with van der Waals surface area (Å²) in [7, 11) is 0. The molecule has 0 N–H and O–H groups in total. The topological polar surface area (TPSA) is 87.9 Å². The molecule has 0 aliphatic carbocycles. The van der Waals surface area contributed by atoms with Crippen LogP contribution in [0.3, 0.4) is 0 Å². The van der Waals surface area contributed by atoms with E-state index in [1.54, 1.807) is 31.2 Å². The third-order valence-electron chi connectivity index (χ3n) is 3.02. The Kier molecular flexibility index (Phi) is 3.38. The first-order valence-electron chi connectivity index (χ1n) is 6.54. The number of nitro groups is 1. The van der Waals surface area contributed by atoms with Crippen LogP contribution >= 0.6 is 0 Å². The van der Waals surface area contributed by atoms with Crippen molar-refractivity contribution < 1.29 is 23.9 Å². The Labute approximate surface area is 125 Å². The van der Waals surface area contributed by atoms with E-state index in [1.807, 2.05) is 0 Å². The maximum absolute atomic E-state index is 11.8. The maximum atomic E-state index is 11.8. The lowest BCUT2D eigenvalue weighted by Gasteiger charge is -2.20. The van der Waals surface area contributed by atoms with Crippen LogP contribution in [-0.2, 0) is 4.74 Å². The summed E-state index contributed by atoms with van der Waals surface area (Å²) in [5, 5.41) is 11.2. The van der Waals surface area contributed by atoms with Crippen LogP contribution in [0.4, 0.5) is 5.69 Å². The number of carbonyl (C=O) groups is 1. The van der Waals surface area contributed by atoms with E-state index in [0.717, 1.165) is 6.07 Å².